The fourth-order valence-electron chi connectivity index (χ4n) is 3.42. The Kier molecular flexibility index (Phi) is 5.49. The van der Waals surface area contributed by atoms with Crippen LogP contribution in [-0.4, -0.2) is 49.1 Å². The third kappa shape index (κ3) is 4.33. The molecule has 2 aliphatic heterocycles. The first-order chi connectivity index (χ1) is 9.90. The summed E-state index contributed by atoms with van der Waals surface area (Å²) in [6.07, 6.45) is 3.08. The Morgan fingerprint density at radius 1 is 1.33 bits per heavy atom. The fourth-order valence-corrected chi connectivity index (χ4v) is 3.42. The summed E-state index contributed by atoms with van der Waals surface area (Å²) in [5.74, 6) is 0.344. The molecule has 0 radical (unpaired) electrons. The normalized spacial score (nSPS) is 26.9. The average Bonchev–Trinajstić information content (AvgIpc) is 2.86. The molecular weight excluding hydrogens is 268 g/mol. The van der Waals surface area contributed by atoms with Crippen molar-refractivity contribution in [1.82, 2.24) is 10.2 Å². The van der Waals surface area contributed by atoms with Crippen molar-refractivity contribution in [3.05, 3.63) is 0 Å². The van der Waals surface area contributed by atoms with Gasteiger partial charge in [0.1, 0.15) is 0 Å². The Bertz CT molecular complexity index is 353. The predicted octanol–water partition coefficient (Wildman–Crippen LogP) is 2.61. The van der Waals surface area contributed by atoms with E-state index in [9.17, 15) is 4.79 Å². The minimum Gasteiger partial charge on any atom is -0.347 e. The van der Waals surface area contributed by atoms with Crippen molar-refractivity contribution < 1.29 is 14.3 Å². The van der Waals surface area contributed by atoms with Crippen LogP contribution in [0.25, 0.3) is 0 Å². The molecule has 5 nitrogen and oxygen atoms in total. The number of hydrogen-bond donors (Lipinski definition) is 1. The molecule has 2 amide bonds. The number of ether oxygens (including phenoxy) is 2. The lowest BCUT2D eigenvalue weighted by molar-refractivity contribution is -0.189. The lowest BCUT2D eigenvalue weighted by Gasteiger charge is -2.40. The first kappa shape index (κ1) is 16.6. The number of nitrogens with zero attached hydrogens (tertiary/aromatic N) is 1. The zero-order valence-corrected chi connectivity index (χ0v) is 13.9. The van der Waals surface area contributed by atoms with Gasteiger partial charge in [-0.25, -0.2) is 4.79 Å². The van der Waals surface area contributed by atoms with E-state index in [4.69, 9.17) is 9.47 Å². The summed E-state index contributed by atoms with van der Waals surface area (Å²) < 4.78 is 11.5. The predicted molar refractivity (Wildman–Crippen MR) is 82.1 cm³/mol. The summed E-state index contributed by atoms with van der Waals surface area (Å²) in [6.45, 7) is 11.3. The second-order valence-corrected chi connectivity index (χ2v) is 6.98. The molecule has 122 valence electrons. The van der Waals surface area contributed by atoms with Crippen LogP contribution in [0.1, 0.15) is 47.0 Å². The van der Waals surface area contributed by atoms with Crippen LogP contribution in [0.4, 0.5) is 4.79 Å². The first-order valence-electron chi connectivity index (χ1n) is 8.24. The average molecular weight is 298 g/mol. The summed E-state index contributed by atoms with van der Waals surface area (Å²) in [5, 5.41) is 3.11. The van der Waals surface area contributed by atoms with Crippen LogP contribution in [0.15, 0.2) is 0 Å². The summed E-state index contributed by atoms with van der Waals surface area (Å²) in [6, 6.07) is 0.266. The molecule has 1 N–H and O–H groups in total. The fraction of sp³-hybridized carbons (Fsp3) is 0.938. The summed E-state index contributed by atoms with van der Waals surface area (Å²) in [7, 11) is 0. The number of carbonyl (C=O) groups excluding carboxylic acids is 1. The summed E-state index contributed by atoms with van der Waals surface area (Å²) >= 11 is 0. The summed E-state index contributed by atoms with van der Waals surface area (Å²) in [5.41, 5.74) is 0. The molecular formula is C16H30N2O3. The van der Waals surface area contributed by atoms with Crippen molar-refractivity contribution in [2.45, 2.75) is 58.8 Å². The molecule has 0 aromatic heterocycles. The highest BCUT2D eigenvalue weighted by Crippen LogP contribution is 2.34. The zero-order valence-electron chi connectivity index (χ0n) is 13.9. The second kappa shape index (κ2) is 6.97. The Labute approximate surface area is 128 Å². The van der Waals surface area contributed by atoms with Crippen molar-refractivity contribution in [2.75, 3.05) is 26.3 Å². The number of piperidine rings is 1. The zero-order chi connectivity index (χ0) is 15.5. The summed E-state index contributed by atoms with van der Waals surface area (Å²) in [4.78, 5) is 14.3. The SMILES string of the molecule is CC(C)C[C@@H](C)NC(=O)N1CCC[C@@H](C2(C)OCCO2)C1. The van der Waals surface area contributed by atoms with Crippen molar-refractivity contribution in [1.29, 1.82) is 0 Å². The van der Waals surface area contributed by atoms with Gasteiger partial charge >= 0.3 is 6.03 Å². The van der Waals surface area contributed by atoms with Crippen molar-refractivity contribution >= 4 is 6.03 Å². The highest BCUT2D eigenvalue weighted by Gasteiger charge is 2.42. The maximum Gasteiger partial charge on any atom is 0.317 e. The van der Waals surface area contributed by atoms with Crippen LogP contribution in [-0.2, 0) is 9.47 Å². The Balaban J connectivity index is 1.87. The number of amides is 2. The Morgan fingerprint density at radius 3 is 2.62 bits per heavy atom. The molecule has 5 heteroatoms. The van der Waals surface area contributed by atoms with Gasteiger partial charge < -0.3 is 19.7 Å². The van der Waals surface area contributed by atoms with Gasteiger partial charge in [-0.15, -0.1) is 0 Å². The van der Waals surface area contributed by atoms with E-state index in [1.54, 1.807) is 0 Å². The quantitative estimate of drug-likeness (QED) is 0.868. The van der Waals surface area contributed by atoms with E-state index in [-0.39, 0.29) is 18.0 Å². The molecule has 2 fully saturated rings. The first-order valence-corrected chi connectivity index (χ1v) is 8.24. The minimum absolute atomic E-state index is 0.0504. The Hall–Kier alpha value is -0.810. The van der Waals surface area contributed by atoms with E-state index in [0.29, 0.717) is 19.1 Å². The molecule has 0 bridgehead atoms. The maximum atomic E-state index is 12.4. The number of hydrogen-bond acceptors (Lipinski definition) is 3. The van der Waals surface area contributed by atoms with Gasteiger partial charge in [0.05, 0.1) is 13.2 Å². The second-order valence-electron chi connectivity index (χ2n) is 6.98. The van der Waals surface area contributed by atoms with Gasteiger partial charge in [-0.3, -0.25) is 0 Å². The van der Waals surface area contributed by atoms with E-state index >= 15 is 0 Å². The van der Waals surface area contributed by atoms with E-state index < -0.39 is 5.79 Å². The molecule has 2 aliphatic rings. The van der Waals surface area contributed by atoms with Gasteiger partial charge in [0, 0.05) is 25.0 Å². The van der Waals surface area contributed by atoms with Gasteiger partial charge in [0.2, 0.25) is 0 Å². The van der Waals surface area contributed by atoms with Crippen LogP contribution in [0, 0.1) is 11.8 Å². The topological polar surface area (TPSA) is 50.8 Å². The van der Waals surface area contributed by atoms with Crippen LogP contribution in [0.2, 0.25) is 0 Å². The van der Waals surface area contributed by atoms with Gasteiger partial charge in [-0.2, -0.15) is 0 Å². The molecule has 0 aromatic rings. The molecule has 2 atom stereocenters. The van der Waals surface area contributed by atoms with Gasteiger partial charge in [-0.1, -0.05) is 13.8 Å². The number of carbonyl (C=O) groups is 1. The molecule has 21 heavy (non-hydrogen) atoms. The number of nitrogens with one attached hydrogen (secondary N) is 1. The van der Waals surface area contributed by atoms with Gasteiger partial charge in [0.25, 0.3) is 0 Å². The highest BCUT2D eigenvalue weighted by molar-refractivity contribution is 5.74. The molecule has 2 saturated heterocycles. The highest BCUT2D eigenvalue weighted by atomic mass is 16.7. The number of rotatable bonds is 4. The lowest BCUT2D eigenvalue weighted by atomic mass is 9.90. The number of urea groups is 1. The van der Waals surface area contributed by atoms with Gasteiger partial charge in [0.15, 0.2) is 5.79 Å². The number of likely N-dealkylation sites (tertiary alicyclic amines) is 1. The molecule has 0 aromatic carbocycles. The van der Waals surface area contributed by atoms with Crippen LogP contribution >= 0.6 is 0 Å². The smallest absolute Gasteiger partial charge is 0.317 e. The van der Waals surface area contributed by atoms with Crippen molar-refractivity contribution in [3.8, 4) is 0 Å². The Morgan fingerprint density at radius 2 is 2.00 bits per heavy atom. The molecule has 0 aliphatic carbocycles. The minimum atomic E-state index is -0.511. The van der Waals surface area contributed by atoms with Gasteiger partial charge in [-0.05, 0) is 39.0 Å². The van der Waals surface area contributed by atoms with E-state index in [0.717, 1.165) is 32.4 Å². The third-order valence-electron chi connectivity index (χ3n) is 4.51. The lowest BCUT2D eigenvalue weighted by Crippen LogP contribution is -2.52. The van der Waals surface area contributed by atoms with Crippen molar-refractivity contribution in [2.24, 2.45) is 11.8 Å². The molecule has 2 heterocycles. The standard InChI is InChI=1S/C16H30N2O3/c1-12(2)10-13(3)17-15(19)18-7-5-6-14(11-18)16(4)20-8-9-21-16/h12-14H,5-11H2,1-4H3,(H,17,19)/t13-,14-/m1/s1. The molecule has 0 spiro atoms. The largest absolute Gasteiger partial charge is 0.347 e. The third-order valence-corrected chi connectivity index (χ3v) is 4.51. The van der Waals surface area contributed by atoms with Crippen LogP contribution in [0.5, 0.6) is 0 Å². The van der Waals surface area contributed by atoms with Crippen LogP contribution < -0.4 is 5.32 Å². The van der Waals surface area contributed by atoms with E-state index in [2.05, 4.69) is 26.1 Å². The van der Waals surface area contributed by atoms with Crippen molar-refractivity contribution in [3.63, 3.8) is 0 Å². The molecule has 0 unspecified atom stereocenters. The van der Waals surface area contributed by atoms with Crippen LogP contribution in [0.3, 0.4) is 0 Å². The van der Waals surface area contributed by atoms with E-state index in [1.807, 2.05) is 11.8 Å². The monoisotopic (exact) mass is 298 g/mol. The molecule has 2 rings (SSSR count). The van der Waals surface area contributed by atoms with E-state index in [1.165, 1.54) is 0 Å². The molecule has 0 saturated carbocycles. The maximum absolute atomic E-state index is 12.4.